The molecule has 0 aliphatic rings. The lowest BCUT2D eigenvalue weighted by atomic mass is 9.71. The van der Waals surface area contributed by atoms with E-state index in [0.29, 0.717) is 29.4 Å². The van der Waals surface area contributed by atoms with Crippen LogP contribution in [-0.4, -0.2) is 46.3 Å². The van der Waals surface area contributed by atoms with E-state index in [-0.39, 0.29) is 35.7 Å². The van der Waals surface area contributed by atoms with Crippen LogP contribution in [-0.2, 0) is 5.41 Å². The van der Waals surface area contributed by atoms with Crippen LogP contribution >= 0.6 is 0 Å². The minimum Gasteiger partial charge on any atom is -0.478 e. The number of anilines is 1. The fourth-order valence-corrected chi connectivity index (χ4v) is 5.44. The molecule has 0 saturated carbocycles. The van der Waals surface area contributed by atoms with Crippen molar-refractivity contribution < 1.29 is 65.2 Å². The Morgan fingerprint density at radius 2 is 0.925 bits per heavy atom. The molecule has 2 amide bonds. The predicted octanol–water partition coefficient (Wildman–Crippen LogP) is 8.43. The first-order valence-electron chi connectivity index (χ1n) is 15.0. The Hall–Kier alpha value is -6.84. The highest BCUT2D eigenvalue weighted by atomic mass is 19.4. The first-order valence-corrected chi connectivity index (χ1v) is 15.0. The van der Waals surface area contributed by atoms with Gasteiger partial charge in [-0.3, -0.25) is 9.59 Å². The Balaban J connectivity index is 1.47. The number of nitrogens with two attached hydrogens (primary N) is 1. The van der Waals surface area contributed by atoms with Gasteiger partial charge in [0.15, 0.2) is 0 Å². The summed E-state index contributed by atoms with van der Waals surface area (Å²) in [5.41, 5.74) is -7.42. The van der Waals surface area contributed by atoms with Crippen molar-refractivity contribution in [2.24, 2.45) is 5.73 Å². The number of primary amides is 1. The largest absolute Gasteiger partial charge is 0.478 e. The SMILES string of the molecule is NC(=O)c1cc(C(c2ccc(C(=O)O)c(C(=O)Nc3ccc(Oc4ccc(Oc5ccccc5)cc4)cc3)c2)(C(F)(F)F)C(F)(F)F)ccc1C(=O)O. The zero-order valence-corrected chi connectivity index (χ0v) is 26.7. The summed E-state index contributed by atoms with van der Waals surface area (Å²) in [5, 5.41) is 21.3. The van der Waals surface area contributed by atoms with Crippen LogP contribution in [0.5, 0.6) is 23.0 Å². The molecule has 5 rings (SSSR count). The normalized spacial score (nSPS) is 11.7. The molecule has 5 aromatic carbocycles. The molecule has 0 fully saturated rings. The molecule has 272 valence electrons. The van der Waals surface area contributed by atoms with Gasteiger partial charge < -0.3 is 30.7 Å². The second kappa shape index (κ2) is 14.4. The van der Waals surface area contributed by atoms with Crippen molar-refractivity contribution in [2.75, 3.05) is 5.32 Å². The average Bonchev–Trinajstić information content (AvgIpc) is 3.09. The van der Waals surface area contributed by atoms with Crippen LogP contribution in [0.3, 0.4) is 0 Å². The summed E-state index contributed by atoms with van der Waals surface area (Å²) >= 11 is 0. The van der Waals surface area contributed by atoms with Crippen molar-refractivity contribution in [2.45, 2.75) is 17.8 Å². The van der Waals surface area contributed by atoms with E-state index in [1.54, 1.807) is 36.4 Å². The lowest BCUT2D eigenvalue weighted by Crippen LogP contribution is -2.55. The van der Waals surface area contributed by atoms with Crippen LogP contribution in [0.1, 0.15) is 52.6 Å². The first kappa shape index (κ1) is 37.4. The number of hydrogen-bond acceptors (Lipinski definition) is 6. The minimum absolute atomic E-state index is 0.0380. The molecular weight excluding hydrogens is 714 g/mol. The van der Waals surface area contributed by atoms with Gasteiger partial charge in [-0.1, -0.05) is 30.3 Å². The van der Waals surface area contributed by atoms with Gasteiger partial charge in [0.2, 0.25) is 11.3 Å². The number of alkyl halides is 6. The molecule has 0 atom stereocenters. The number of ether oxygens (including phenoxy) is 2. The third-order valence-corrected chi connectivity index (χ3v) is 7.88. The average molecular weight is 739 g/mol. The summed E-state index contributed by atoms with van der Waals surface area (Å²) in [6.07, 6.45) is -12.5. The highest BCUT2D eigenvalue weighted by molar-refractivity contribution is 6.11. The number of carboxylic acids is 2. The molecule has 16 heteroatoms. The summed E-state index contributed by atoms with van der Waals surface area (Å²) in [7, 11) is 0. The number of amides is 2. The molecule has 0 heterocycles. The molecule has 53 heavy (non-hydrogen) atoms. The summed E-state index contributed by atoms with van der Waals surface area (Å²) in [4.78, 5) is 48.8. The molecule has 0 aliphatic carbocycles. The van der Waals surface area contributed by atoms with Crippen LogP contribution < -0.4 is 20.5 Å². The topological polar surface area (TPSA) is 165 Å². The highest BCUT2D eigenvalue weighted by Crippen LogP contribution is 2.56. The van der Waals surface area contributed by atoms with E-state index in [1.807, 2.05) is 18.2 Å². The number of carboxylic acid groups (broad SMARTS) is 2. The number of nitrogens with one attached hydrogen (secondary N) is 1. The van der Waals surface area contributed by atoms with Gasteiger partial charge in [0.1, 0.15) is 23.0 Å². The maximum atomic E-state index is 14.9. The van der Waals surface area contributed by atoms with Gasteiger partial charge in [-0.05, 0) is 96.1 Å². The summed E-state index contributed by atoms with van der Waals surface area (Å²) in [5.74, 6) is -4.93. The lowest BCUT2D eigenvalue weighted by Gasteiger charge is -2.38. The molecule has 0 bridgehead atoms. The van der Waals surface area contributed by atoms with Crippen molar-refractivity contribution in [3.63, 3.8) is 0 Å². The van der Waals surface area contributed by atoms with Crippen molar-refractivity contribution in [1.82, 2.24) is 0 Å². The molecule has 5 N–H and O–H groups in total. The highest BCUT2D eigenvalue weighted by Gasteiger charge is 2.72. The van der Waals surface area contributed by atoms with E-state index in [0.717, 1.165) is 0 Å². The van der Waals surface area contributed by atoms with Crippen molar-refractivity contribution >= 4 is 29.4 Å². The van der Waals surface area contributed by atoms with Gasteiger partial charge in [-0.2, -0.15) is 26.3 Å². The second-order valence-electron chi connectivity index (χ2n) is 11.2. The molecule has 0 aromatic heterocycles. The van der Waals surface area contributed by atoms with Crippen molar-refractivity contribution in [3.8, 4) is 23.0 Å². The van der Waals surface area contributed by atoms with Gasteiger partial charge >= 0.3 is 24.3 Å². The number of benzene rings is 5. The molecule has 0 spiro atoms. The van der Waals surface area contributed by atoms with E-state index >= 15 is 0 Å². The monoisotopic (exact) mass is 738 g/mol. The number of carbonyl (C=O) groups excluding carboxylic acids is 2. The predicted molar refractivity (Wildman–Crippen MR) is 176 cm³/mol. The number of carbonyl (C=O) groups is 4. The molecule has 0 unspecified atom stereocenters. The van der Waals surface area contributed by atoms with Gasteiger partial charge in [0, 0.05) is 5.69 Å². The minimum atomic E-state index is -6.26. The van der Waals surface area contributed by atoms with Crippen molar-refractivity contribution in [3.05, 3.63) is 149 Å². The first-order chi connectivity index (χ1) is 24.9. The van der Waals surface area contributed by atoms with Gasteiger partial charge in [-0.25, -0.2) is 9.59 Å². The fraction of sp³-hybridized carbons (Fsp3) is 0.0811. The van der Waals surface area contributed by atoms with Crippen LogP contribution in [0.15, 0.2) is 115 Å². The third kappa shape index (κ3) is 7.61. The number of halogens is 6. The number of rotatable bonds is 11. The van der Waals surface area contributed by atoms with Crippen LogP contribution in [0.25, 0.3) is 0 Å². The Morgan fingerprint density at radius 1 is 0.528 bits per heavy atom. The van der Waals surface area contributed by atoms with Crippen molar-refractivity contribution in [1.29, 1.82) is 0 Å². The summed E-state index contributed by atoms with van der Waals surface area (Å²) in [6, 6.07) is 22.2. The Labute approximate surface area is 295 Å². The van der Waals surface area contributed by atoms with E-state index < -0.39 is 74.9 Å². The van der Waals surface area contributed by atoms with Gasteiger partial charge in [-0.15, -0.1) is 0 Å². The van der Waals surface area contributed by atoms with E-state index in [1.165, 1.54) is 24.3 Å². The Bertz CT molecular complexity index is 2170. The number of para-hydroxylation sites is 1. The quantitative estimate of drug-likeness (QED) is 0.0981. The molecule has 10 nitrogen and oxygen atoms in total. The van der Waals surface area contributed by atoms with Crippen LogP contribution in [0, 0.1) is 0 Å². The van der Waals surface area contributed by atoms with E-state index in [9.17, 15) is 55.7 Å². The third-order valence-electron chi connectivity index (χ3n) is 7.88. The van der Waals surface area contributed by atoms with E-state index in [4.69, 9.17) is 15.2 Å². The zero-order valence-electron chi connectivity index (χ0n) is 26.7. The maximum Gasteiger partial charge on any atom is 0.411 e. The molecule has 5 aromatic rings. The Morgan fingerprint density at radius 3 is 1.34 bits per heavy atom. The Kier molecular flexibility index (Phi) is 10.2. The summed E-state index contributed by atoms with van der Waals surface area (Å²) < 4.78 is 101. The summed E-state index contributed by atoms with van der Waals surface area (Å²) in [6.45, 7) is 0. The standard InChI is InChI=1S/C37H24F6N2O8/c38-36(39,40)35(37(41,42)43,20-6-16-27(33(48)49)29(18-20)31(44)46)21-7-17-28(34(50)51)30(19-21)32(47)45-22-8-10-24(11-9-22)53-26-14-12-25(13-15-26)52-23-4-2-1-3-5-23/h1-19H,(H2,44,46)(H,45,47)(H,48,49)(H,50,51). The molecule has 0 radical (unpaired) electrons. The van der Waals surface area contributed by atoms with Gasteiger partial charge in [0.05, 0.1) is 22.3 Å². The lowest BCUT2D eigenvalue weighted by molar-refractivity contribution is -0.288. The smallest absolute Gasteiger partial charge is 0.411 e. The molecule has 0 saturated heterocycles. The zero-order chi connectivity index (χ0) is 38.7. The van der Waals surface area contributed by atoms with E-state index in [2.05, 4.69) is 5.32 Å². The molecular formula is C37H24F6N2O8. The molecule has 0 aliphatic heterocycles. The number of aromatic carboxylic acids is 2. The second-order valence-corrected chi connectivity index (χ2v) is 11.2. The maximum absolute atomic E-state index is 14.9. The fourth-order valence-electron chi connectivity index (χ4n) is 5.44. The van der Waals surface area contributed by atoms with Crippen LogP contribution in [0.4, 0.5) is 32.0 Å². The number of hydrogen-bond donors (Lipinski definition) is 4. The van der Waals surface area contributed by atoms with Crippen LogP contribution in [0.2, 0.25) is 0 Å². The van der Waals surface area contributed by atoms with Gasteiger partial charge in [0.25, 0.3) is 5.91 Å².